The summed E-state index contributed by atoms with van der Waals surface area (Å²) in [7, 11) is 0. The van der Waals surface area contributed by atoms with Gasteiger partial charge in [0.15, 0.2) is 0 Å². The van der Waals surface area contributed by atoms with E-state index in [1.165, 1.54) is 46.8 Å². The lowest BCUT2D eigenvalue weighted by atomic mass is 9.89. The first-order chi connectivity index (χ1) is 9.65. The molecule has 0 saturated heterocycles. The van der Waals surface area contributed by atoms with Gasteiger partial charge >= 0.3 is 0 Å². The van der Waals surface area contributed by atoms with Gasteiger partial charge in [-0.2, -0.15) is 0 Å². The highest BCUT2D eigenvalue weighted by Crippen LogP contribution is 2.37. The van der Waals surface area contributed by atoms with Gasteiger partial charge in [0, 0.05) is 4.47 Å². The normalized spacial score (nSPS) is 15.8. The van der Waals surface area contributed by atoms with Crippen LogP contribution >= 0.6 is 31.9 Å². The van der Waals surface area contributed by atoms with Crippen LogP contribution in [0.4, 0.5) is 0 Å². The molecule has 0 saturated carbocycles. The van der Waals surface area contributed by atoms with Crippen LogP contribution in [-0.4, -0.2) is 0 Å². The Morgan fingerprint density at radius 1 is 0.950 bits per heavy atom. The van der Waals surface area contributed by atoms with Crippen LogP contribution in [0.3, 0.4) is 0 Å². The number of aryl methyl sites for hydroxylation is 3. The fourth-order valence-electron chi connectivity index (χ4n) is 2.95. The van der Waals surface area contributed by atoms with E-state index < -0.39 is 0 Å². The van der Waals surface area contributed by atoms with Crippen LogP contribution < -0.4 is 0 Å². The van der Waals surface area contributed by atoms with E-state index in [0.29, 0.717) is 0 Å². The summed E-state index contributed by atoms with van der Waals surface area (Å²) in [5.41, 5.74) is 7.05. The van der Waals surface area contributed by atoms with Crippen LogP contribution in [0.1, 0.15) is 45.5 Å². The molecule has 1 unspecified atom stereocenters. The second-order valence-electron chi connectivity index (χ2n) is 5.62. The summed E-state index contributed by atoms with van der Waals surface area (Å²) < 4.78 is 1.17. The molecule has 0 heterocycles. The first-order valence-electron chi connectivity index (χ1n) is 7.17. The van der Waals surface area contributed by atoms with E-state index in [-0.39, 0.29) is 4.83 Å². The van der Waals surface area contributed by atoms with E-state index in [9.17, 15) is 0 Å². The zero-order valence-corrected chi connectivity index (χ0v) is 14.8. The van der Waals surface area contributed by atoms with Gasteiger partial charge in [-0.3, -0.25) is 0 Å². The van der Waals surface area contributed by atoms with Crippen LogP contribution in [0.5, 0.6) is 0 Å². The molecule has 0 N–H and O–H groups in total. The summed E-state index contributed by atoms with van der Waals surface area (Å²) >= 11 is 7.55. The Bertz CT molecular complexity index is 631. The van der Waals surface area contributed by atoms with Crippen molar-refractivity contribution in [3.05, 3.63) is 68.7 Å². The Kier molecular flexibility index (Phi) is 4.32. The fraction of sp³-hybridized carbons (Fsp3) is 0.333. The van der Waals surface area contributed by atoms with Gasteiger partial charge in [0.2, 0.25) is 0 Å². The molecule has 0 spiro atoms. The van der Waals surface area contributed by atoms with Gasteiger partial charge in [0.05, 0.1) is 4.83 Å². The van der Waals surface area contributed by atoms with Crippen LogP contribution in [0.15, 0.2) is 40.9 Å². The maximum atomic E-state index is 3.88. The molecule has 0 aromatic heterocycles. The standard InChI is InChI=1S/C18H18Br2/c1-12-6-9-17(19)16(10-12)18(20)15-8-7-13-4-2-3-5-14(13)11-15/h6-11,18H,2-5H2,1H3. The van der Waals surface area contributed by atoms with Gasteiger partial charge in [0.25, 0.3) is 0 Å². The second-order valence-corrected chi connectivity index (χ2v) is 7.39. The third kappa shape index (κ3) is 2.87. The molecule has 3 rings (SSSR count). The van der Waals surface area contributed by atoms with Crippen molar-refractivity contribution in [1.29, 1.82) is 0 Å². The third-order valence-corrected chi connectivity index (χ3v) is 5.83. The summed E-state index contributed by atoms with van der Waals surface area (Å²) in [5.74, 6) is 0. The van der Waals surface area contributed by atoms with Crippen molar-refractivity contribution in [2.75, 3.05) is 0 Å². The van der Waals surface area contributed by atoms with Crippen molar-refractivity contribution in [3.8, 4) is 0 Å². The molecule has 20 heavy (non-hydrogen) atoms. The summed E-state index contributed by atoms with van der Waals surface area (Å²) in [6.45, 7) is 2.14. The van der Waals surface area contributed by atoms with Crippen molar-refractivity contribution < 1.29 is 0 Å². The topological polar surface area (TPSA) is 0 Å². The summed E-state index contributed by atoms with van der Waals surface area (Å²) in [6, 6.07) is 13.5. The fourth-order valence-corrected chi connectivity index (χ4v) is 4.39. The summed E-state index contributed by atoms with van der Waals surface area (Å²) in [5, 5.41) is 0. The monoisotopic (exact) mass is 392 g/mol. The van der Waals surface area contributed by atoms with E-state index in [1.807, 2.05) is 0 Å². The molecule has 0 bridgehead atoms. The van der Waals surface area contributed by atoms with E-state index in [1.54, 1.807) is 11.1 Å². The minimum atomic E-state index is 0.254. The molecule has 0 fully saturated rings. The number of benzene rings is 2. The first kappa shape index (κ1) is 14.3. The van der Waals surface area contributed by atoms with E-state index >= 15 is 0 Å². The highest BCUT2D eigenvalue weighted by atomic mass is 79.9. The highest BCUT2D eigenvalue weighted by Gasteiger charge is 2.16. The molecule has 0 nitrogen and oxygen atoms in total. The molecule has 2 aromatic rings. The van der Waals surface area contributed by atoms with Crippen LogP contribution in [0.2, 0.25) is 0 Å². The minimum absolute atomic E-state index is 0.254. The Morgan fingerprint density at radius 3 is 2.50 bits per heavy atom. The zero-order chi connectivity index (χ0) is 14.1. The predicted molar refractivity (Wildman–Crippen MR) is 92.7 cm³/mol. The molecule has 0 amide bonds. The largest absolute Gasteiger partial charge is 0.0786 e. The molecule has 1 aliphatic carbocycles. The molecular weight excluding hydrogens is 376 g/mol. The second kappa shape index (κ2) is 6.03. The van der Waals surface area contributed by atoms with Gasteiger partial charge in [-0.25, -0.2) is 0 Å². The van der Waals surface area contributed by atoms with E-state index in [0.717, 1.165) is 0 Å². The van der Waals surface area contributed by atoms with Crippen molar-refractivity contribution in [3.63, 3.8) is 0 Å². The molecule has 2 aromatic carbocycles. The number of hydrogen-bond acceptors (Lipinski definition) is 0. The average molecular weight is 394 g/mol. The zero-order valence-electron chi connectivity index (χ0n) is 11.6. The maximum Gasteiger partial charge on any atom is 0.0655 e. The van der Waals surface area contributed by atoms with E-state index in [4.69, 9.17) is 0 Å². The van der Waals surface area contributed by atoms with Crippen LogP contribution in [-0.2, 0) is 12.8 Å². The van der Waals surface area contributed by atoms with Crippen LogP contribution in [0, 0.1) is 6.92 Å². The van der Waals surface area contributed by atoms with Gasteiger partial charge in [0.1, 0.15) is 0 Å². The Balaban J connectivity index is 1.97. The lowest BCUT2D eigenvalue weighted by Crippen LogP contribution is -2.04. The molecule has 104 valence electrons. The number of fused-ring (bicyclic) bond motifs is 1. The molecular formula is C18H18Br2. The Hall–Kier alpha value is -0.600. The average Bonchev–Trinajstić information content (AvgIpc) is 2.48. The van der Waals surface area contributed by atoms with Crippen molar-refractivity contribution >= 4 is 31.9 Å². The highest BCUT2D eigenvalue weighted by molar-refractivity contribution is 9.11. The molecule has 1 atom stereocenters. The number of halogens is 2. The van der Waals surface area contributed by atoms with E-state index in [2.05, 4.69) is 75.2 Å². The smallest absolute Gasteiger partial charge is 0.0655 e. The summed E-state index contributed by atoms with van der Waals surface area (Å²) in [4.78, 5) is 0.254. The third-order valence-electron chi connectivity index (χ3n) is 4.09. The summed E-state index contributed by atoms with van der Waals surface area (Å²) in [6.07, 6.45) is 5.15. The number of hydrogen-bond donors (Lipinski definition) is 0. The lowest BCUT2D eigenvalue weighted by Gasteiger charge is -2.19. The number of rotatable bonds is 2. The van der Waals surface area contributed by atoms with Gasteiger partial charge in [-0.1, -0.05) is 67.8 Å². The molecule has 0 aliphatic heterocycles. The Labute approximate surface area is 137 Å². The van der Waals surface area contributed by atoms with Gasteiger partial charge < -0.3 is 0 Å². The minimum Gasteiger partial charge on any atom is -0.0786 e. The van der Waals surface area contributed by atoms with Crippen molar-refractivity contribution in [2.24, 2.45) is 0 Å². The van der Waals surface area contributed by atoms with Gasteiger partial charge in [-0.05, 0) is 60.9 Å². The van der Waals surface area contributed by atoms with Crippen molar-refractivity contribution in [2.45, 2.75) is 37.4 Å². The lowest BCUT2D eigenvalue weighted by molar-refractivity contribution is 0.684. The molecule has 2 heteroatoms. The van der Waals surface area contributed by atoms with Gasteiger partial charge in [-0.15, -0.1) is 0 Å². The first-order valence-corrected chi connectivity index (χ1v) is 8.88. The maximum absolute atomic E-state index is 3.88. The molecule has 0 radical (unpaired) electrons. The van der Waals surface area contributed by atoms with Crippen LogP contribution in [0.25, 0.3) is 0 Å². The Morgan fingerprint density at radius 2 is 1.70 bits per heavy atom. The number of alkyl halides is 1. The predicted octanol–water partition coefficient (Wildman–Crippen LogP) is 6.12. The molecule has 1 aliphatic rings. The SMILES string of the molecule is Cc1ccc(Br)c(C(Br)c2ccc3c(c2)CCCC3)c1. The quantitative estimate of drug-likeness (QED) is 0.539. The van der Waals surface area contributed by atoms with Crippen molar-refractivity contribution in [1.82, 2.24) is 0 Å².